The van der Waals surface area contributed by atoms with Crippen LogP contribution in [-0.2, 0) is 13.5 Å². The van der Waals surface area contributed by atoms with Crippen LogP contribution in [0.2, 0.25) is 0 Å². The molecule has 0 aliphatic carbocycles. The summed E-state index contributed by atoms with van der Waals surface area (Å²) in [4.78, 5) is 0. The van der Waals surface area contributed by atoms with Crippen molar-refractivity contribution in [1.29, 1.82) is 0 Å². The van der Waals surface area contributed by atoms with Gasteiger partial charge >= 0.3 is 0 Å². The highest BCUT2D eigenvalue weighted by Crippen LogP contribution is 2.10. The van der Waals surface area contributed by atoms with E-state index in [1.165, 1.54) is 18.4 Å². The highest BCUT2D eigenvalue weighted by atomic mass is 35.5. The first kappa shape index (κ1) is 10.6. The number of aromatic nitrogens is 2. The summed E-state index contributed by atoms with van der Waals surface area (Å²) in [5.41, 5.74) is 1.32. The Morgan fingerprint density at radius 2 is 2.38 bits per heavy atom. The zero-order valence-corrected chi connectivity index (χ0v) is 9.09. The molecule has 0 N–H and O–H groups in total. The first-order valence-corrected chi connectivity index (χ1v) is 5.29. The van der Waals surface area contributed by atoms with E-state index in [4.69, 9.17) is 11.6 Å². The molecule has 0 saturated heterocycles. The zero-order valence-electron chi connectivity index (χ0n) is 8.33. The van der Waals surface area contributed by atoms with Crippen LogP contribution in [0, 0.1) is 5.92 Å². The topological polar surface area (TPSA) is 17.8 Å². The molecule has 1 aromatic heterocycles. The molecule has 1 rings (SSSR count). The van der Waals surface area contributed by atoms with Gasteiger partial charge in [0.1, 0.15) is 0 Å². The fourth-order valence-corrected chi connectivity index (χ4v) is 1.49. The van der Waals surface area contributed by atoms with Crippen molar-refractivity contribution < 1.29 is 0 Å². The van der Waals surface area contributed by atoms with Gasteiger partial charge in [0.25, 0.3) is 0 Å². The van der Waals surface area contributed by atoms with Crippen LogP contribution in [0.15, 0.2) is 12.4 Å². The lowest BCUT2D eigenvalue weighted by molar-refractivity contribution is 0.561. The molecule has 13 heavy (non-hydrogen) atoms. The first-order chi connectivity index (χ1) is 6.22. The van der Waals surface area contributed by atoms with E-state index in [1.807, 2.05) is 17.9 Å². The maximum absolute atomic E-state index is 5.72. The standard InChI is InChI=1S/C10H17ClN2/c1-9(6-11)4-3-5-10-7-12-13(2)8-10/h7-9H,3-6H2,1-2H3. The van der Waals surface area contributed by atoms with Crippen molar-refractivity contribution in [3.05, 3.63) is 18.0 Å². The van der Waals surface area contributed by atoms with E-state index in [2.05, 4.69) is 18.2 Å². The minimum absolute atomic E-state index is 0.637. The maximum atomic E-state index is 5.72. The van der Waals surface area contributed by atoms with Gasteiger partial charge in [-0.1, -0.05) is 6.92 Å². The number of hydrogen-bond donors (Lipinski definition) is 0. The minimum atomic E-state index is 0.637. The van der Waals surface area contributed by atoms with Crippen molar-refractivity contribution in [2.75, 3.05) is 5.88 Å². The van der Waals surface area contributed by atoms with E-state index in [-0.39, 0.29) is 0 Å². The number of alkyl halides is 1. The molecule has 1 heterocycles. The maximum Gasteiger partial charge on any atom is 0.0521 e. The summed E-state index contributed by atoms with van der Waals surface area (Å²) in [5.74, 6) is 1.41. The number of rotatable bonds is 5. The second-order valence-corrected chi connectivity index (χ2v) is 3.98. The van der Waals surface area contributed by atoms with Gasteiger partial charge in [0.05, 0.1) is 6.20 Å². The van der Waals surface area contributed by atoms with Gasteiger partial charge in [0.2, 0.25) is 0 Å². The Morgan fingerprint density at radius 3 is 2.92 bits per heavy atom. The van der Waals surface area contributed by atoms with Gasteiger partial charge in [0.15, 0.2) is 0 Å². The number of halogens is 1. The molecule has 3 heteroatoms. The Balaban J connectivity index is 2.20. The van der Waals surface area contributed by atoms with Crippen LogP contribution < -0.4 is 0 Å². The monoisotopic (exact) mass is 200 g/mol. The second kappa shape index (κ2) is 5.28. The highest BCUT2D eigenvalue weighted by molar-refractivity contribution is 6.18. The average molecular weight is 201 g/mol. The molecule has 0 spiro atoms. The van der Waals surface area contributed by atoms with E-state index in [1.54, 1.807) is 0 Å². The molecule has 0 amide bonds. The van der Waals surface area contributed by atoms with Gasteiger partial charge in [-0.3, -0.25) is 4.68 Å². The third-order valence-electron chi connectivity index (χ3n) is 2.18. The van der Waals surface area contributed by atoms with E-state index in [9.17, 15) is 0 Å². The number of hydrogen-bond acceptors (Lipinski definition) is 1. The van der Waals surface area contributed by atoms with E-state index < -0.39 is 0 Å². The second-order valence-electron chi connectivity index (χ2n) is 3.67. The van der Waals surface area contributed by atoms with Crippen LogP contribution in [0.1, 0.15) is 25.3 Å². The summed E-state index contributed by atoms with van der Waals surface area (Å²) in [6, 6.07) is 0. The lowest BCUT2D eigenvalue weighted by Gasteiger charge is -2.04. The quantitative estimate of drug-likeness (QED) is 0.669. The zero-order chi connectivity index (χ0) is 9.68. The van der Waals surface area contributed by atoms with Crippen LogP contribution in [0.4, 0.5) is 0 Å². The Kier molecular flexibility index (Phi) is 4.29. The number of aryl methyl sites for hydroxylation is 2. The van der Waals surface area contributed by atoms with E-state index in [0.717, 1.165) is 12.3 Å². The third-order valence-corrected chi connectivity index (χ3v) is 2.71. The summed E-state index contributed by atoms with van der Waals surface area (Å²) in [7, 11) is 1.95. The Bertz CT molecular complexity index is 245. The summed E-state index contributed by atoms with van der Waals surface area (Å²) in [5, 5.41) is 4.13. The predicted octanol–water partition coefficient (Wildman–Crippen LogP) is 2.62. The predicted molar refractivity (Wildman–Crippen MR) is 56.0 cm³/mol. The summed E-state index contributed by atoms with van der Waals surface area (Å²) in [6.45, 7) is 2.19. The van der Waals surface area contributed by atoms with Gasteiger partial charge in [-0.25, -0.2) is 0 Å². The van der Waals surface area contributed by atoms with Crippen molar-refractivity contribution in [2.24, 2.45) is 13.0 Å². The molecule has 0 radical (unpaired) electrons. The molecule has 0 saturated carbocycles. The largest absolute Gasteiger partial charge is 0.276 e. The van der Waals surface area contributed by atoms with Gasteiger partial charge in [-0.15, -0.1) is 11.6 Å². The molecule has 1 aromatic rings. The number of nitrogens with zero attached hydrogens (tertiary/aromatic N) is 2. The van der Waals surface area contributed by atoms with Crippen molar-refractivity contribution in [1.82, 2.24) is 9.78 Å². The smallest absolute Gasteiger partial charge is 0.0521 e. The van der Waals surface area contributed by atoms with Crippen molar-refractivity contribution in [2.45, 2.75) is 26.2 Å². The molecule has 1 unspecified atom stereocenters. The minimum Gasteiger partial charge on any atom is -0.276 e. The molecule has 0 aliphatic rings. The SMILES string of the molecule is CC(CCl)CCCc1cnn(C)c1. The first-order valence-electron chi connectivity index (χ1n) is 4.76. The van der Waals surface area contributed by atoms with Crippen LogP contribution in [0.3, 0.4) is 0 Å². The highest BCUT2D eigenvalue weighted by Gasteiger charge is 2.01. The van der Waals surface area contributed by atoms with Crippen LogP contribution in [0.25, 0.3) is 0 Å². The molecule has 74 valence electrons. The molecule has 0 aliphatic heterocycles. The van der Waals surface area contributed by atoms with Gasteiger partial charge in [0, 0.05) is 19.1 Å². The molecule has 0 fully saturated rings. The summed E-state index contributed by atoms with van der Waals surface area (Å²) in [6.07, 6.45) is 7.55. The van der Waals surface area contributed by atoms with E-state index in [0.29, 0.717) is 5.92 Å². The van der Waals surface area contributed by atoms with Gasteiger partial charge in [-0.2, -0.15) is 5.10 Å². The lowest BCUT2D eigenvalue weighted by atomic mass is 10.0. The molecule has 0 aromatic carbocycles. The third kappa shape index (κ3) is 3.81. The Hall–Kier alpha value is -0.500. The average Bonchev–Trinajstić information content (AvgIpc) is 2.51. The Morgan fingerprint density at radius 1 is 1.62 bits per heavy atom. The fraction of sp³-hybridized carbons (Fsp3) is 0.700. The molecule has 1 atom stereocenters. The van der Waals surface area contributed by atoms with E-state index >= 15 is 0 Å². The van der Waals surface area contributed by atoms with Crippen molar-refractivity contribution in [3.63, 3.8) is 0 Å². The molecule has 2 nitrogen and oxygen atoms in total. The Labute approximate surface area is 84.9 Å². The normalized spacial score (nSPS) is 13.2. The van der Waals surface area contributed by atoms with Crippen LogP contribution in [-0.4, -0.2) is 15.7 Å². The van der Waals surface area contributed by atoms with Crippen LogP contribution >= 0.6 is 11.6 Å². The molecule has 0 bridgehead atoms. The summed E-state index contributed by atoms with van der Waals surface area (Å²) >= 11 is 5.72. The van der Waals surface area contributed by atoms with Crippen LogP contribution in [0.5, 0.6) is 0 Å². The summed E-state index contributed by atoms with van der Waals surface area (Å²) < 4.78 is 1.85. The molecular formula is C10H17ClN2. The lowest BCUT2D eigenvalue weighted by Crippen LogP contribution is -1.96. The van der Waals surface area contributed by atoms with Gasteiger partial charge in [-0.05, 0) is 30.7 Å². The van der Waals surface area contributed by atoms with Crippen molar-refractivity contribution in [3.8, 4) is 0 Å². The molecular weight excluding hydrogens is 184 g/mol. The van der Waals surface area contributed by atoms with Gasteiger partial charge < -0.3 is 0 Å². The fourth-order valence-electron chi connectivity index (χ4n) is 1.33. The van der Waals surface area contributed by atoms with Crippen molar-refractivity contribution >= 4 is 11.6 Å².